The minimum atomic E-state index is 0.623. The fourth-order valence-electron chi connectivity index (χ4n) is 7.02. The Bertz CT molecular complexity index is 2560. The van der Waals surface area contributed by atoms with E-state index in [-0.39, 0.29) is 0 Å². The second-order valence-electron chi connectivity index (χ2n) is 11.5. The Hall–Kier alpha value is -6.44. The predicted molar refractivity (Wildman–Crippen MR) is 189 cm³/mol. The number of hydrogen-bond acceptors (Lipinski definition) is 2. The molecule has 9 rings (SSSR count). The lowest BCUT2D eigenvalue weighted by Crippen LogP contribution is -2.00. The molecule has 3 heterocycles. The molecule has 0 unspecified atom stereocenters. The third kappa shape index (κ3) is 3.89. The van der Waals surface area contributed by atoms with E-state index in [2.05, 4.69) is 149 Å². The van der Waals surface area contributed by atoms with E-state index in [0.717, 1.165) is 55.8 Å². The van der Waals surface area contributed by atoms with Crippen molar-refractivity contribution in [3.05, 3.63) is 163 Å². The third-order valence-corrected chi connectivity index (χ3v) is 9.01. The fourth-order valence-corrected chi connectivity index (χ4v) is 7.02. The topological polar surface area (TPSA) is 46.5 Å². The largest absolute Gasteiger partial charge is 0.309 e. The number of fused-ring (bicyclic) bond motifs is 6. The SMILES string of the molecule is N#Cc1ccc(-c2cccc(-c3cccnc3-n3c4ccccc4c4ccccc43)c2)c(-n2c3ccccc3c3ccccc32)c1. The van der Waals surface area contributed by atoms with Gasteiger partial charge in [-0.3, -0.25) is 4.57 Å². The standard InChI is InChI=1S/C42H26N4/c43-27-28-22-23-31(41(25-28)45-37-18-5-1-13-33(37)34-14-2-6-19-38(34)45)29-11-9-12-30(26-29)32-17-10-24-44-42(32)46-39-20-7-3-15-35(39)36-16-4-8-21-40(36)46/h1-26H. The van der Waals surface area contributed by atoms with Gasteiger partial charge in [-0.25, -0.2) is 4.98 Å². The molecule has 6 aromatic carbocycles. The normalized spacial score (nSPS) is 11.5. The molecule has 0 bridgehead atoms. The number of pyridine rings is 1. The van der Waals surface area contributed by atoms with Gasteiger partial charge in [-0.1, -0.05) is 97.1 Å². The molecule has 0 aliphatic heterocycles. The minimum absolute atomic E-state index is 0.623. The average molecular weight is 587 g/mol. The average Bonchev–Trinajstić information content (AvgIpc) is 3.64. The number of aromatic nitrogens is 3. The van der Waals surface area contributed by atoms with Crippen LogP contribution >= 0.6 is 0 Å². The Labute approximate surface area is 265 Å². The van der Waals surface area contributed by atoms with Crippen LogP contribution in [-0.2, 0) is 0 Å². The molecule has 9 aromatic rings. The van der Waals surface area contributed by atoms with Crippen LogP contribution in [0.15, 0.2) is 158 Å². The molecule has 0 spiro atoms. The Kier molecular flexibility index (Phi) is 5.84. The van der Waals surface area contributed by atoms with Crippen molar-refractivity contribution in [1.29, 1.82) is 5.26 Å². The van der Waals surface area contributed by atoms with Gasteiger partial charge in [0, 0.05) is 38.9 Å². The van der Waals surface area contributed by atoms with E-state index in [1.165, 1.54) is 21.5 Å². The molecular weight excluding hydrogens is 560 g/mol. The summed E-state index contributed by atoms with van der Waals surface area (Å²) in [5, 5.41) is 14.7. The Morgan fingerprint density at radius 1 is 0.457 bits per heavy atom. The van der Waals surface area contributed by atoms with Crippen molar-refractivity contribution in [2.75, 3.05) is 0 Å². The Morgan fingerprint density at radius 2 is 0.978 bits per heavy atom. The van der Waals surface area contributed by atoms with Gasteiger partial charge in [0.25, 0.3) is 0 Å². The van der Waals surface area contributed by atoms with Crippen molar-refractivity contribution in [2.45, 2.75) is 0 Å². The highest BCUT2D eigenvalue weighted by Gasteiger charge is 2.19. The summed E-state index contributed by atoms with van der Waals surface area (Å²) in [6, 6.07) is 55.2. The van der Waals surface area contributed by atoms with Crippen molar-refractivity contribution in [3.8, 4) is 39.8 Å². The van der Waals surface area contributed by atoms with Gasteiger partial charge in [0.05, 0.1) is 39.4 Å². The van der Waals surface area contributed by atoms with Crippen LogP contribution in [0.5, 0.6) is 0 Å². The number of nitrogens with zero attached hydrogens (tertiary/aromatic N) is 4. The lowest BCUT2D eigenvalue weighted by atomic mass is 9.97. The highest BCUT2D eigenvalue weighted by Crippen LogP contribution is 2.39. The third-order valence-electron chi connectivity index (χ3n) is 9.01. The fraction of sp³-hybridized carbons (Fsp3) is 0. The minimum Gasteiger partial charge on any atom is -0.309 e. The number of hydrogen-bond donors (Lipinski definition) is 0. The van der Waals surface area contributed by atoms with Gasteiger partial charge >= 0.3 is 0 Å². The highest BCUT2D eigenvalue weighted by molar-refractivity contribution is 6.10. The first kappa shape index (κ1) is 26.0. The van der Waals surface area contributed by atoms with Crippen molar-refractivity contribution in [3.63, 3.8) is 0 Å². The van der Waals surface area contributed by atoms with Crippen LogP contribution in [0.2, 0.25) is 0 Å². The molecule has 0 saturated carbocycles. The van der Waals surface area contributed by atoms with Gasteiger partial charge in [-0.2, -0.15) is 5.26 Å². The summed E-state index contributed by atoms with van der Waals surface area (Å²) in [5.74, 6) is 0.888. The molecule has 0 aliphatic carbocycles. The van der Waals surface area contributed by atoms with Gasteiger partial charge in [0.1, 0.15) is 5.82 Å². The summed E-state index contributed by atoms with van der Waals surface area (Å²) in [4.78, 5) is 4.97. The van der Waals surface area contributed by atoms with Crippen LogP contribution in [-0.4, -0.2) is 14.1 Å². The lowest BCUT2D eigenvalue weighted by molar-refractivity contribution is 1.08. The van der Waals surface area contributed by atoms with Gasteiger partial charge in [-0.05, 0) is 65.7 Å². The van der Waals surface area contributed by atoms with Gasteiger partial charge in [-0.15, -0.1) is 0 Å². The van der Waals surface area contributed by atoms with Crippen LogP contribution in [0.3, 0.4) is 0 Å². The molecular formula is C42H26N4. The number of rotatable bonds is 4. The summed E-state index contributed by atoms with van der Waals surface area (Å²) in [7, 11) is 0. The number of nitriles is 1. The van der Waals surface area contributed by atoms with E-state index in [1.54, 1.807) is 0 Å². The quantitative estimate of drug-likeness (QED) is 0.206. The molecule has 46 heavy (non-hydrogen) atoms. The Morgan fingerprint density at radius 3 is 1.54 bits per heavy atom. The first-order valence-corrected chi connectivity index (χ1v) is 15.4. The first-order valence-electron chi connectivity index (χ1n) is 15.4. The van der Waals surface area contributed by atoms with Crippen molar-refractivity contribution in [2.24, 2.45) is 0 Å². The second-order valence-corrected chi connectivity index (χ2v) is 11.5. The molecule has 3 aromatic heterocycles. The summed E-state index contributed by atoms with van der Waals surface area (Å²) in [6.45, 7) is 0. The van der Waals surface area contributed by atoms with Gasteiger partial charge in [0.15, 0.2) is 0 Å². The van der Waals surface area contributed by atoms with E-state index in [4.69, 9.17) is 4.98 Å². The molecule has 0 aliphatic rings. The van der Waals surface area contributed by atoms with Crippen LogP contribution < -0.4 is 0 Å². The molecule has 0 saturated heterocycles. The maximum absolute atomic E-state index is 9.94. The molecule has 4 nitrogen and oxygen atoms in total. The molecule has 4 heteroatoms. The van der Waals surface area contributed by atoms with Gasteiger partial charge < -0.3 is 4.57 Å². The van der Waals surface area contributed by atoms with E-state index in [1.807, 2.05) is 24.4 Å². The van der Waals surface area contributed by atoms with Crippen LogP contribution in [0.1, 0.15) is 5.56 Å². The van der Waals surface area contributed by atoms with Gasteiger partial charge in [0.2, 0.25) is 0 Å². The summed E-state index contributed by atoms with van der Waals surface area (Å²) in [6.07, 6.45) is 1.87. The summed E-state index contributed by atoms with van der Waals surface area (Å²) >= 11 is 0. The smallest absolute Gasteiger partial charge is 0.145 e. The van der Waals surface area contributed by atoms with Crippen LogP contribution in [0, 0.1) is 11.3 Å². The highest BCUT2D eigenvalue weighted by atomic mass is 15.1. The van der Waals surface area contributed by atoms with Crippen molar-refractivity contribution in [1.82, 2.24) is 14.1 Å². The zero-order valence-electron chi connectivity index (χ0n) is 24.8. The monoisotopic (exact) mass is 586 g/mol. The molecule has 214 valence electrons. The van der Waals surface area contributed by atoms with Crippen molar-refractivity contribution < 1.29 is 0 Å². The zero-order chi connectivity index (χ0) is 30.6. The molecule has 0 atom stereocenters. The van der Waals surface area contributed by atoms with E-state index in [0.29, 0.717) is 5.56 Å². The van der Waals surface area contributed by atoms with E-state index >= 15 is 0 Å². The first-order chi connectivity index (χ1) is 22.8. The van der Waals surface area contributed by atoms with Crippen molar-refractivity contribution >= 4 is 43.6 Å². The summed E-state index contributed by atoms with van der Waals surface area (Å²) in [5.41, 5.74) is 10.3. The molecule has 0 amide bonds. The molecule has 0 radical (unpaired) electrons. The Balaban J connectivity index is 1.27. The maximum atomic E-state index is 9.94. The second kappa shape index (κ2) is 10.3. The lowest BCUT2D eigenvalue weighted by Gasteiger charge is -2.16. The van der Waals surface area contributed by atoms with Crippen LogP contribution in [0.25, 0.3) is 77.4 Å². The predicted octanol–water partition coefficient (Wildman–Crippen LogP) is 10.5. The maximum Gasteiger partial charge on any atom is 0.145 e. The van der Waals surface area contributed by atoms with Crippen LogP contribution in [0.4, 0.5) is 0 Å². The number of para-hydroxylation sites is 4. The molecule has 0 fully saturated rings. The summed E-state index contributed by atoms with van der Waals surface area (Å²) < 4.78 is 4.57. The number of benzene rings is 6. The molecule has 0 N–H and O–H groups in total. The zero-order valence-corrected chi connectivity index (χ0v) is 24.8. The van der Waals surface area contributed by atoms with E-state index < -0.39 is 0 Å². The van der Waals surface area contributed by atoms with E-state index in [9.17, 15) is 5.26 Å².